The molecule has 1 aromatic carbocycles. The lowest BCUT2D eigenvalue weighted by molar-refractivity contribution is -0.125. The minimum atomic E-state index is -0.459. The Kier molecular flexibility index (Phi) is 4.70. The monoisotopic (exact) mass is 262 g/mol. The summed E-state index contributed by atoms with van der Waals surface area (Å²) in [5, 5.41) is 2.86. The maximum absolute atomic E-state index is 11.9. The van der Waals surface area contributed by atoms with Crippen molar-refractivity contribution >= 4 is 17.5 Å². The van der Waals surface area contributed by atoms with E-state index in [1.54, 1.807) is 6.92 Å². The molecule has 19 heavy (non-hydrogen) atoms. The van der Waals surface area contributed by atoms with Crippen LogP contribution >= 0.6 is 0 Å². The molecule has 3 N–H and O–H groups in total. The molecule has 0 saturated carbocycles. The molecule has 0 heterocycles. The van der Waals surface area contributed by atoms with Crippen molar-refractivity contribution in [3.05, 3.63) is 29.8 Å². The molecular weight excluding hydrogens is 240 g/mol. The molecule has 0 aliphatic heterocycles. The number of carbonyl (C=O) groups excluding carboxylic acids is 2. The van der Waals surface area contributed by atoms with Crippen LogP contribution in [0.4, 0.5) is 5.69 Å². The summed E-state index contributed by atoms with van der Waals surface area (Å²) in [5.41, 5.74) is 6.95. The quantitative estimate of drug-likeness (QED) is 0.874. The molecule has 1 atom stereocenters. The van der Waals surface area contributed by atoms with Gasteiger partial charge in [0.1, 0.15) is 0 Å². The molecule has 1 aromatic rings. The lowest BCUT2D eigenvalue weighted by Gasteiger charge is -2.23. The van der Waals surface area contributed by atoms with Crippen LogP contribution in [0.15, 0.2) is 24.3 Å². The van der Waals surface area contributed by atoms with Crippen LogP contribution in [0.3, 0.4) is 0 Å². The molecule has 0 saturated heterocycles. The van der Waals surface area contributed by atoms with Gasteiger partial charge in [0, 0.05) is 18.0 Å². The van der Waals surface area contributed by atoms with Gasteiger partial charge < -0.3 is 11.1 Å². The number of hydrogen-bond donors (Lipinski definition) is 2. The van der Waals surface area contributed by atoms with Gasteiger partial charge in [0.2, 0.25) is 11.8 Å². The number of amides is 2. The number of hydrogen-bond acceptors (Lipinski definition) is 2. The lowest BCUT2D eigenvalue weighted by atomic mass is 9.86. The first-order valence-electron chi connectivity index (χ1n) is 6.40. The Labute approximate surface area is 114 Å². The van der Waals surface area contributed by atoms with Gasteiger partial charge >= 0.3 is 0 Å². The Morgan fingerprint density at radius 1 is 1.26 bits per heavy atom. The number of nitrogens with one attached hydrogen (secondary N) is 1. The maximum Gasteiger partial charge on any atom is 0.225 e. The molecular formula is C15H22N2O2. The highest BCUT2D eigenvalue weighted by molar-refractivity contribution is 5.94. The van der Waals surface area contributed by atoms with Gasteiger partial charge in [-0.15, -0.1) is 0 Å². The van der Waals surface area contributed by atoms with Crippen molar-refractivity contribution in [2.75, 3.05) is 5.32 Å². The van der Waals surface area contributed by atoms with Gasteiger partial charge in [0.15, 0.2) is 0 Å². The van der Waals surface area contributed by atoms with Gasteiger partial charge in [-0.2, -0.15) is 0 Å². The third-order valence-electron chi connectivity index (χ3n) is 2.99. The second-order valence-corrected chi connectivity index (χ2v) is 5.85. The average molecular weight is 262 g/mol. The van der Waals surface area contributed by atoms with E-state index in [0.717, 1.165) is 11.3 Å². The van der Waals surface area contributed by atoms with Crippen LogP contribution in [0.1, 0.15) is 39.7 Å². The van der Waals surface area contributed by atoms with E-state index < -0.39 is 11.8 Å². The zero-order valence-electron chi connectivity index (χ0n) is 12.0. The number of primary amides is 1. The molecule has 4 nitrogen and oxygen atoms in total. The molecule has 2 amide bonds. The van der Waals surface area contributed by atoms with Crippen molar-refractivity contribution in [2.24, 2.45) is 11.7 Å². The Morgan fingerprint density at radius 2 is 1.84 bits per heavy atom. The van der Waals surface area contributed by atoms with Gasteiger partial charge in [-0.05, 0) is 17.0 Å². The topological polar surface area (TPSA) is 72.2 Å². The molecule has 0 radical (unpaired) electrons. The minimum absolute atomic E-state index is 0.0564. The number of nitrogens with two attached hydrogens (primary N) is 1. The molecule has 0 fully saturated rings. The number of benzene rings is 1. The third-order valence-corrected chi connectivity index (χ3v) is 2.99. The van der Waals surface area contributed by atoms with E-state index in [4.69, 9.17) is 5.73 Å². The Morgan fingerprint density at radius 3 is 2.37 bits per heavy atom. The highest BCUT2D eigenvalue weighted by Crippen LogP contribution is 2.29. The molecule has 104 valence electrons. The van der Waals surface area contributed by atoms with Crippen LogP contribution < -0.4 is 11.1 Å². The molecule has 0 bridgehead atoms. The van der Waals surface area contributed by atoms with Gasteiger partial charge in [0.05, 0.1) is 0 Å². The van der Waals surface area contributed by atoms with Crippen molar-refractivity contribution in [1.29, 1.82) is 0 Å². The summed E-state index contributed by atoms with van der Waals surface area (Å²) in [5.74, 6) is -1.11. The molecule has 1 unspecified atom stereocenters. The first-order chi connectivity index (χ1) is 8.71. The van der Waals surface area contributed by atoms with Gasteiger partial charge in [0.25, 0.3) is 0 Å². The first-order valence-corrected chi connectivity index (χ1v) is 6.40. The molecule has 0 spiro atoms. The number of carbonyl (C=O) groups is 2. The maximum atomic E-state index is 11.9. The second kappa shape index (κ2) is 5.87. The molecule has 1 rings (SSSR count). The van der Waals surface area contributed by atoms with E-state index in [9.17, 15) is 9.59 Å². The zero-order chi connectivity index (χ0) is 14.6. The SMILES string of the molecule is CC(CC(=O)Nc1ccccc1C(C)(C)C)C(N)=O. The standard InChI is InChI=1S/C15H22N2O2/c1-10(14(16)19)9-13(18)17-12-8-6-5-7-11(12)15(2,3)4/h5-8,10H,9H2,1-4H3,(H2,16,19)(H,17,18). The molecule has 0 aliphatic rings. The summed E-state index contributed by atoms with van der Waals surface area (Å²) in [6, 6.07) is 7.69. The minimum Gasteiger partial charge on any atom is -0.369 e. The summed E-state index contributed by atoms with van der Waals surface area (Å²) in [7, 11) is 0. The van der Waals surface area contributed by atoms with Crippen molar-refractivity contribution in [1.82, 2.24) is 0 Å². The van der Waals surface area contributed by atoms with Crippen molar-refractivity contribution in [3.8, 4) is 0 Å². The first kappa shape index (κ1) is 15.2. The van der Waals surface area contributed by atoms with Crippen molar-refractivity contribution < 1.29 is 9.59 Å². The van der Waals surface area contributed by atoms with Crippen molar-refractivity contribution in [2.45, 2.75) is 39.5 Å². The van der Waals surface area contributed by atoms with Crippen LogP contribution in [-0.4, -0.2) is 11.8 Å². The summed E-state index contributed by atoms with van der Waals surface area (Å²) in [6.07, 6.45) is 0.105. The van der Waals surface area contributed by atoms with E-state index in [1.807, 2.05) is 24.3 Å². The summed E-state index contributed by atoms with van der Waals surface area (Å²) in [4.78, 5) is 22.8. The molecule has 0 aromatic heterocycles. The van der Waals surface area contributed by atoms with E-state index in [1.165, 1.54) is 0 Å². The van der Waals surface area contributed by atoms with Crippen LogP contribution in [0.25, 0.3) is 0 Å². The average Bonchev–Trinajstić information content (AvgIpc) is 2.27. The molecule has 0 aliphatic carbocycles. The van der Waals surface area contributed by atoms with Crippen LogP contribution in [0.2, 0.25) is 0 Å². The zero-order valence-corrected chi connectivity index (χ0v) is 12.0. The smallest absolute Gasteiger partial charge is 0.225 e. The highest BCUT2D eigenvalue weighted by atomic mass is 16.2. The number of rotatable bonds is 4. The van der Waals surface area contributed by atoms with Gasteiger partial charge in [-0.1, -0.05) is 45.9 Å². The predicted molar refractivity (Wildman–Crippen MR) is 76.7 cm³/mol. The van der Waals surface area contributed by atoms with E-state index in [-0.39, 0.29) is 17.7 Å². The van der Waals surface area contributed by atoms with Crippen molar-refractivity contribution in [3.63, 3.8) is 0 Å². The Balaban J connectivity index is 2.83. The Bertz CT molecular complexity index is 475. The summed E-state index contributed by atoms with van der Waals surface area (Å²) >= 11 is 0. The summed E-state index contributed by atoms with van der Waals surface area (Å²) < 4.78 is 0. The fourth-order valence-corrected chi connectivity index (χ4v) is 1.83. The van der Waals surface area contributed by atoms with E-state index in [0.29, 0.717) is 0 Å². The number of para-hydroxylation sites is 1. The van der Waals surface area contributed by atoms with Crippen LogP contribution in [0, 0.1) is 5.92 Å². The summed E-state index contributed by atoms with van der Waals surface area (Å²) in [6.45, 7) is 7.91. The largest absolute Gasteiger partial charge is 0.369 e. The predicted octanol–water partition coefficient (Wildman–Crippen LogP) is 2.43. The third kappa shape index (κ3) is 4.39. The number of anilines is 1. The second-order valence-electron chi connectivity index (χ2n) is 5.85. The van der Waals surface area contributed by atoms with E-state index >= 15 is 0 Å². The fraction of sp³-hybridized carbons (Fsp3) is 0.467. The fourth-order valence-electron chi connectivity index (χ4n) is 1.83. The van der Waals surface area contributed by atoms with Crippen LogP contribution in [-0.2, 0) is 15.0 Å². The van der Waals surface area contributed by atoms with Crippen LogP contribution in [0.5, 0.6) is 0 Å². The normalized spacial score (nSPS) is 12.8. The van der Waals surface area contributed by atoms with Gasteiger partial charge in [-0.25, -0.2) is 0 Å². The van der Waals surface area contributed by atoms with Gasteiger partial charge in [-0.3, -0.25) is 9.59 Å². The molecule has 4 heteroatoms. The van der Waals surface area contributed by atoms with E-state index in [2.05, 4.69) is 26.1 Å². The highest BCUT2D eigenvalue weighted by Gasteiger charge is 2.20. The lowest BCUT2D eigenvalue weighted by Crippen LogP contribution is -2.26. The Hall–Kier alpha value is -1.84.